The summed E-state index contributed by atoms with van der Waals surface area (Å²) in [6.07, 6.45) is -0.127. The predicted octanol–water partition coefficient (Wildman–Crippen LogP) is 4.13. The van der Waals surface area contributed by atoms with E-state index in [-0.39, 0.29) is 5.56 Å². The van der Waals surface area contributed by atoms with Gasteiger partial charge in [0.25, 0.3) is 0 Å². The van der Waals surface area contributed by atoms with E-state index in [1.165, 1.54) is 12.1 Å². The van der Waals surface area contributed by atoms with Crippen molar-refractivity contribution in [3.63, 3.8) is 0 Å². The largest absolute Gasteiger partial charge is 0.497 e. The maximum absolute atomic E-state index is 14.1. The number of halogens is 2. The third-order valence-corrected chi connectivity index (χ3v) is 4.65. The summed E-state index contributed by atoms with van der Waals surface area (Å²) in [5, 5.41) is 2.06. The molecule has 2 N–H and O–H groups in total. The minimum Gasteiger partial charge on any atom is -0.497 e. The van der Waals surface area contributed by atoms with E-state index in [9.17, 15) is 8.78 Å². The van der Waals surface area contributed by atoms with E-state index in [4.69, 9.17) is 15.2 Å². The lowest BCUT2D eigenvalue weighted by atomic mass is 9.90. The van der Waals surface area contributed by atoms with Crippen LogP contribution in [0.2, 0.25) is 0 Å². The van der Waals surface area contributed by atoms with Gasteiger partial charge in [-0.05, 0) is 47.5 Å². The molecule has 0 unspecified atom stereocenters. The van der Waals surface area contributed by atoms with Gasteiger partial charge >= 0.3 is 0 Å². The molecule has 0 spiro atoms. The molecule has 0 fully saturated rings. The molecule has 25 heavy (non-hydrogen) atoms. The van der Waals surface area contributed by atoms with Crippen LogP contribution in [0.5, 0.6) is 11.5 Å². The second-order valence-electron chi connectivity index (χ2n) is 6.20. The maximum atomic E-state index is 14.1. The summed E-state index contributed by atoms with van der Waals surface area (Å²) >= 11 is 0. The molecule has 3 nitrogen and oxygen atoms in total. The van der Waals surface area contributed by atoms with Crippen LogP contribution in [-0.4, -0.2) is 13.2 Å². The monoisotopic (exact) mass is 341 g/mol. The van der Waals surface area contributed by atoms with E-state index in [1.807, 2.05) is 30.3 Å². The van der Waals surface area contributed by atoms with Crippen LogP contribution in [0.15, 0.2) is 48.5 Å². The average Bonchev–Trinajstić information content (AvgIpc) is 2.61. The van der Waals surface area contributed by atoms with Crippen LogP contribution >= 0.6 is 0 Å². The highest BCUT2D eigenvalue weighted by Crippen LogP contribution is 2.39. The van der Waals surface area contributed by atoms with Gasteiger partial charge in [-0.15, -0.1) is 0 Å². The smallest absolute Gasteiger partial charge is 0.142 e. The van der Waals surface area contributed by atoms with Gasteiger partial charge in [0, 0.05) is 17.2 Å². The Kier molecular flexibility index (Phi) is 3.81. The second-order valence-corrected chi connectivity index (χ2v) is 6.20. The van der Waals surface area contributed by atoms with Crippen LogP contribution in [0.3, 0.4) is 0 Å². The first kappa shape index (κ1) is 15.8. The highest BCUT2D eigenvalue weighted by atomic mass is 19.1. The van der Waals surface area contributed by atoms with Gasteiger partial charge in [0.15, 0.2) is 0 Å². The van der Waals surface area contributed by atoms with Gasteiger partial charge < -0.3 is 15.2 Å². The summed E-state index contributed by atoms with van der Waals surface area (Å²) in [6, 6.07) is 12.7. The van der Waals surface area contributed by atoms with Crippen LogP contribution in [0.1, 0.15) is 17.2 Å². The van der Waals surface area contributed by atoms with Crippen LogP contribution in [0.4, 0.5) is 8.78 Å². The highest BCUT2D eigenvalue weighted by Gasteiger charge is 2.31. The summed E-state index contributed by atoms with van der Waals surface area (Å²) in [6.45, 7) is 0. The minimum atomic E-state index is -0.656. The first-order chi connectivity index (χ1) is 12.1. The molecule has 0 radical (unpaired) electrons. The van der Waals surface area contributed by atoms with Crippen LogP contribution < -0.4 is 15.2 Å². The zero-order valence-electron chi connectivity index (χ0n) is 13.6. The SMILES string of the molecule is COc1ccc2ccc3c(c2c1)C[C@@H](N)[C@H](c1ccc(F)cc1F)O3. The Morgan fingerprint density at radius 2 is 1.88 bits per heavy atom. The molecule has 1 heterocycles. The third kappa shape index (κ3) is 2.70. The molecule has 1 aliphatic rings. The van der Waals surface area contributed by atoms with Crippen molar-refractivity contribution in [1.29, 1.82) is 0 Å². The first-order valence-corrected chi connectivity index (χ1v) is 8.03. The molecule has 0 amide bonds. The maximum Gasteiger partial charge on any atom is 0.142 e. The molecule has 2 atom stereocenters. The van der Waals surface area contributed by atoms with Gasteiger partial charge in [0.1, 0.15) is 29.2 Å². The normalized spacial score (nSPS) is 19.4. The topological polar surface area (TPSA) is 44.5 Å². The number of nitrogens with two attached hydrogens (primary N) is 1. The molecule has 4 rings (SSSR count). The molecule has 0 saturated heterocycles. The Hall–Kier alpha value is -2.66. The standard InChI is InChI=1S/C20H17F2NO2/c1-24-13-5-2-11-3-7-19-16(15(11)9-13)10-18(23)20(25-19)14-6-4-12(21)8-17(14)22/h2-9,18,20H,10,23H2,1H3/t18-,20+/m1/s1. The summed E-state index contributed by atoms with van der Waals surface area (Å²) in [7, 11) is 1.62. The number of rotatable bonds is 2. The molecule has 0 aromatic heterocycles. The molecule has 1 aliphatic heterocycles. The molecule has 0 aliphatic carbocycles. The van der Waals surface area contributed by atoms with Crippen LogP contribution in [-0.2, 0) is 6.42 Å². The van der Waals surface area contributed by atoms with Crippen molar-refractivity contribution in [2.24, 2.45) is 5.73 Å². The predicted molar refractivity (Wildman–Crippen MR) is 91.9 cm³/mol. The highest BCUT2D eigenvalue weighted by molar-refractivity contribution is 5.89. The van der Waals surface area contributed by atoms with Gasteiger partial charge in [0.2, 0.25) is 0 Å². The van der Waals surface area contributed by atoms with Crippen molar-refractivity contribution >= 4 is 10.8 Å². The van der Waals surface area contributed by atoms with E-state index >= 15 is 0 Å². The van der Waals surface area contributed by atoms with Crippen molar-refractivity contribution in [1.82, 2.24) is 0 Å². The fourth-order valence-electron chi connectivity index (χ4n) is 3.38. The molecular formula is C20H17F2NO2. The number of ether oxygens (including phenoxy) is 2. The third-order valence-electron chi connectivity index (χ3n) is 4.65. The number of hydrogen-bond acceptors (Lipinski definition) is 3. The Labute approximate surface area is 144 Å². The number of hydrogen-bond donors (Lipinski definition) is 1. The van der Waals surface area contributed by atoms with Crippen molar-refractivity contribution < 1.29 is 18.3 Å². The lowest BCUT2D eigenvalue weighted by molar-refractivity contribution is 0.150. The quantitative estimate of drug-likeness (QED) is 0.762. The molecule has 3 aromatic carbocycles. The minimum absolute atomic E-state index is 0.269. The van der Waals surface area contributed by atoms with Crippen molar-refractivity contribution in [3.05, 3.63) is 71.3 Å². The average molecular weight is 341 g/mol. The zero-order chi connectivity index (χ0) is 17.6. The van der Waals surface area contributed by atoms with E-state index in [0.717, 1.165) is 28.2 Å². The van der Waals surface area contributed by atoms with Crippen molar-refractivity contribution in [2.75, 3.05) is 7.11 Å². The molecular weight excluding hydrogens is 324 g/mol. The van der Waals surface area contributed by atoms with Gasteiger partial charge in [-0.1, -0.05) is 12.1 Å². The molecule has 128 valence electrons. The Morgan fingerprint density at radius 3 is 2.64 bits per heavy atom. The number of benzene rings is 3. The lowest BCUT2D eigenvalue weighted by Gasteiger charge is -2.32. The lowest BCUT2D eigenvalue weighted by Crippen LogP contribution is -2.38. The summed E-state index contributed by atoms with van der Waals surface area (Å²) in [4.78, 5) is 0. The van der Waals surface area contributed by atoms with Crippen LogP contribution in [0, 0.1) is 11.6 Å². The van der Waals surface area contributed by atoms with Crippen molar-refractivity contribution in [2.45, 2.75) is 18.6 Å². The van der Waals surface area contributed by atoms with E-state index in [1.54, 1.807) is 7.11 Å². The summed E-state index contributed by atoms with van der Waals surface area (Å²) in [5.74, 6) is 0.146. The fourth-order valence-corrected chi connectivity index (χ4v) is 3.38. The van der Waals surface area contributed by atoms with Gasteiger partial charge in [0.05, 0.1) is 13.2 Å². The van der Waals surface area contributed by atoms with E-state index < -0.39 is 23.8 Å². The van der Waals surface area contributed by atoms with Crippen LogP contribution in [0.25, 0.3) is 10.8 Å². The fraction of sp³-hybridized carbons (Fsp3) is 0.200. The summed E-state index contributed by atoms with van der Waals surface area (Å²) < 4.78 is 38.6. The molecule has 5 heteroatoms. The Morgan fingerprint density at radius 1 is 1.08 bits per heavy atom. The molecule has 3 aromatic rings. The number of methoxy groups -OCH3 is 1. The Balaban J connectivity index is 1.79. The van der Waals surface area contributed by atoms with Crippen molar-refractivity contribution in [3.8, 4) is 11.5 Å². The van der Waals surface area contributed by atoms with Gasteiger partial charge in [-0.2, -0.15) is 0 Å². The second kappa shape index (κ2) is 6.01. The van der Waals surface area contributed by atoms with Gasteiger partial charge in [-0.3, -0.25) is 0 Å². The molecule has 0 bridgehead atoms. The first-order valence-electron chi connectivity index (χ1n) is 8.03. The summed E-state index contributed by atoms with van der Waals surface area (Å²) in [5.41, 5.74) is 7.52. The zero-order valence-corrected chi connectivity index (χ0v) is 13.6. The Bertz CT molecular complexity index is 958. The van der Waals surface area contributed by atoms with Gasteiger partial charge in [-0.25, -0.2) is 8.78 Å². The van der Waals surface area contributed by atoms with E-state index in [0.29, 0.717) is 12.2 Å². The van der Waals surface area contributed by atoms with E-state index in [2.05, 4.69) is 0 Å². The molecule has 0 saturated carbocycles. The number of fused-ring (bicyclic) bond motifs is 3.